The highest BCUT2D eigenvalue weighted by Crippen LogP contribution is 2.16. The fraction of sp³-hybridized carbons (Fsp3) is 0.357. The summed E-state index contributed by atoms with van der Waals surface area (Å²) in [5.41, 5.74) is 3.25. The van der Waals surface area contributed by atoms with E-state index in [1.807, 2.05) is 0 Å². The number of hydrogen-bond donors (Lipinski definition) is 2. The number of amides is 2. The van der Waals surface area contributed by atoms with Crippen LogP contribution in [0.5, 0.6) is 5.75 Å². The molecule has 0 bridgehead atoms. The number of benzene rings is 1. The number of anilines is 1. The van der Waals surface area contributed by atoms with Crippen LogP contribution in [0.15, 0.2) is 29.4 Å². The van der Waals surface area contributed by atoms with E-state index < -0.39 is 0 Å². The van der Waals surface area contributed by atoms with Crippen LogP contribution in [0.4, 0.5) is 5.69 Å². The highest BCUT2D eigenvalue weighted by Gasteiger charge is 2.18. The Bertz CT molecular complexity index is 540. The van der Waals surface area contributed by atoms with E-state index in [1.165, 1.54) is 0 Å². The molecule has 2 rings (SSSR count). The zero-order valence-electron chi connectivity index (χ0n) is 11.7. The van der Waals surface area contributed by atoms with Crippen molar-refractivity contribution in [2.45, 2.75) is 12.8 Å². The molecule has 2 N–H and O–H groups in total. The van der Waals surface area contributed by atoms with Gasteiger partial charge in [-0.2, -0.15) is 5.10 Å². The number of carbonyl (C=O) groups is 2. The van der Waals surface area contributed by atoms with Crippen LogP contribution in [0, 0.1) is 0 Å². The monoisotopic (exact) mass is 291 g/mol. The Morgan fingerprint density at radius 1 is 1.29 bits per heavy atom. The predicted molar refractivity (Wildman–Crippen MR) is 77.3 cm³/mol. The van der Waals surface area contributed by atoms with Crippen molar-refractivity contribution in [3.05, 3.63) is 24.3 Å². The second-order valence-electron chi connectivity index (χ2n) is 4.41. The predicted octanol–water partition coefficient (Wildman–Crippen LogP) is 0.916. The normalized spacial score (nSPS) is 14.1. The number of ether oxygens (including phenoxy) is 2. The van der Waals surface area contributed by atoms with E-state index >= 15 is 0 Å². The van der Waals surface area contributed by atoms with Crippen LogP contribution < -0.4 is 15.5 Å². The lowest BCUT2D eigenvalue weighted by atomic mass is 10.1. The number of rotatable bonds is 6. The van der Waals surface area contributed by atoms with Gasteiger partial charge in [0.05, 0.1) is 6.61 Å². The number of hydrogen-bond acceptors (Lipinski definition) is 5. The number of nitrogens with one attached hydrogen (secondary N) is 2. The third-order valence-electron chi connectivity index (χ3n) is 2.83. The fourth-order valence-corrected chi connectivity index (χ4v) is 1.72. The quantitative estimate of drug-likeness (QED) is 0.763. The van der Waals surface area contributed by atoms with E-state index in [-0.39, 0.29) is 18.2 Å². The first-order valence-electron chi connectivity index (χ1n) is 6.57. The van der Waals surface area contributed by atoms with Gasteiger partial charge in [-0.25, -0.2) is 5.43 Å². The first-order valence-corrected chi connectivity index (χ1v) is 6.57. The third kappa shape index (κ3) is 4.57. The summed E-state index contributed by atoms with van der Waals surface area (Å²) in [5.74, 6) is 0.208. The molecule has 0 fully saturated rings. The molecule has 2 amide bonds. The maximum Gasteiger partial charge on any atom is 0.271 e. The van der Waals surface area contributed by atoms with Crippen LogP contribution in [0.3, 0.4) is 0 Å². The molecule has 1 aliphatic rings. The molecule has 0 atom stereocenters. The Morgan fingerprint density at radius 2 is 2.05 bits per heavy atom. The zero-order chi connectivity index (χ0) is 15.1. The molecule has 0 aromatic heterocycles. The van der Waals surface area contributed by atoms with E-state index in [0.717, 1.165) is 0 Å². The fourth-order valence-electron chi connectivity index (χ4n) is 1.72. The zero-order valence-corrected chi connectivity index (χ0v) is 11.7. The average molecular weight is 291 g/mol. The molecule has 7 nitrogen and oxygen atoms in total. The topological polar surface area (TPSA) is 89.0 Å². The summed E-state index contributed by atoms with van der Waals surface area (Å²) < 4.78 is 10.3. The van der Waals surface area contributed by atoms with Gasteiger partial charge in [0, 0.05) is 25.6 Å². The molecule has 1 aromatic carbocycles. The van der Waals surface area contributed by atoms with Gasteiger partial charge in [-0.15, -0.1) is 0 Å². The van der Waals surface area contributed by atoms with Crippen LogP contribution in [-0.4, -0.2) is 37.8 Å². The van der Waals surface area contributed by atoms with E-state index in [2.05, 4.69) is 15.8 Å². The summed E-state index contributed by atoms with van der Waals surface area (Å²) in [7, 11) is 1.61. The SMILES string of the molecule is COCCOc1ccc(NC(=O)C2=NNC(=O)CC2)cc1. The first kappa shape index (κ1) is 15.0. The van der Waals surface area contributed by atoms with Crippen molar-refractivity contribution in [2.75, 3.05) is 25.6 Å². The highest BCUT2D eigenvalue weighted by molar-refractivity contribution is 6.43. The third-order valence-corrected chi connectivity index (χ3v) is 2.83. The van der Waals surface area contributed by atoms with Crippen LogP contribution in [0.1, 0.15) is 12.8 Å². The van der Waals surface area contributed by atoms with Crippen LogP contribution in [0.2, 0.25) is 0 Å². The number of methoxy groups -OCH3 is 1. The molecular formula is C14H17N3O4. The van der Waals surface area contributed by atoms with Crippen LogP contribution >= 0.6 is 0 Å². The Kier molecular flexibility index (Phi) is 5.28. The van der Waals surface area contributed by atoms with Crippen molar-refractivity contribution in [3.63, 3.8) is 0 Å². The second kappa shape index (κ2) is 7.39. The molecule has 112 valence electrons. The number of hydrazone groups is 1. The van der Waals surface area contributed by atoms with Gasteiger partial charge in [-0.3, -0.25) is 9.59 Å². The molecule has 1 aromatic rings. The standard InChI is InChI=1S/C14H17N3O4/c1-20-8-9-21-11-4-2-10(3-5-11)15-14(19)12-6-7-13(18)17-16-12/h2-5H,6-9H2,1H3,(H,15,19)(H,17,18). The molecule has 0 saturated heterocycles. The maximum absolute atomic E-state index is 11.9. The lowest BCUT2D eigenvalue weighted by Gasteiger charge is -2.12. The molecule has 0 saturated carbocycles. The summed E-state index contributed by atoms with van der Waals surface area (Å²) in [6.45, 7) is 0.989. The van der Waals surface area contributed by atoms with Crippen molar-refractivity contribution < 1.29 is 19.1 Å². The van der Waals surface area contributed by atoms with Gasteiger partial charge in [0.2, 0.25) is 5.91 Å². The van der Waals surface area contributed by atoms with Crippen molar-refractivity contribution in [3.8, 4) is 5.75 Å². The Morgan fingerprint density at radius 3 is 2.67 bits per heavy atom. The number of carbonyl (C=O) groups excluding carboxylic acids is 2. The molecule has 0 spiro atoms. The van der Waals surface area contributed by atoms with Crippen LogP contribution in [0.25, 0.3) is 0 Å². The van der Waals surface area contributed by atoms with Crippen LogP contribution in [-0.2, 0) is 14.3 Å². The molecular weight excluding hydrogens is 274 g/mol. The van der Waals surface area contributed by atoms with Crippen molar-refractivity contribution in [2.24, 2.45) is 5.10 Å². The molecule has 0 aliphatic carbocycles. The van der Waals surface area contributed by atoms with E-state index in [1.54, 1.807) is 31.4 Å². The molecule has 0 unspecified atom stereocenters. The van der Waals surface area contributed by atoms with Gasteiger partial charge in [0.25, 0.3) is 5.91 Å². The maximum atomic E-state index is 11.9. The van der Waals surface area contributed by atoms with Gasteiger partial charge < -0.3 is 14.8 Å². The van der Waals surface area contributed by atoms with Gasteiger partial charge in [0.15, 0.2) is 0 Å². The highest BCUT2D eigenvalue weighted by atomic mass is 16.5. The largest absolute Gasteiger partial charge is 0.491 e. The first-order chi connectivity index (χ1) is 10.2. The molecule has 21 heavy (non-hydrogen) atoms. The molecule has 1 heterocycles. The van der Waals surface area contributed by atoms with Crippen molar-refractivity contribution in [1.29, 1.82) is 0 Å². The van der Waals surface area contributed by atoms with Gasteiger partial charge in [0.1, 0.15) is 18.1 Å². The summed E-state index contributed by atoms with van der Waals surface area (Å²) in [6.07, 6.45) is 0.619. The van der Waals surface area contributed by atoms with Crippen molar-refractivity contribution >= 4 is 23.2 Å². The molecule has 1 aliphatic heterocycles. The smallest absolute Gasteiger partial charge is 0.271 e. The van der Waals surface area contributed by atoms with E-state index in [9.17, 15) is 9.59 Å². The Labute approximate surface area is 122 Å². The summed E-state index contributed by atoms with van der Waals surface area (Å²) in [4.78, 5) is 22.9. The van der Waals surface area contributed by atoms with Gasteiger partial charge in [-0.1, -0.05) is 0 Å². The summed E-state index contributed by atoms with van der Waals surface area (Å²) in [6, 6.07) is 7.00. The van der Waals surface area contributed by atoms with E-state index in [4.69, 9.17) is 9.47 Å². The van der Waals surface area contributed by atoms with Crippen molar-refractivity contribution in [1.82, 2.24) is 5.43 Å². The lowest BCUT2D eigenvalue weighted by molar-refractivity contribution is -0.121. The second-order valence-corrected chi connectivity index (χ2v) is 4.41. The minimum atomic E-state index is -0.317. The summed E-state index contributed by atoms with van der Waals surface area (Å²) in [5, 5.41) is 6.46. The minimum absolute atomic E-state index is 0.177. The average Bonchev–Trinajstić information content (AvgIpc) is 2.50. The number of nitrogens with zero attached hydrogens (tertiary/aromatic N) is 1. The summed E-state index contributed by atoms with van der Waals surface area (Å²) >= 11 is 0. The Hall–Kier alpha value is -2.41. The minimum Gasteiger partial charge on any atom is -0.491 e. The Balaban J connectivity index is 1.88. The molecule has 0 radical (unpaired) electrons. The van der Waals surface area contributed by atoms with Gasteiger partial charge >= 0.3 is 0 Å². The molecule has 7 heteroatoms. The van der Waals surface area contributed by atoms with Gasteiger partial charge in [-0.05, 0) is 24.3 Å². The van der Waals surface area contributed by atoms with E-state index in [0.29, 0.717) is 36.8 Å². The lowest BCUT2D eigenvalue weighted by Crippen LogP contribution is -2.32.